The lowest BCUT2D eigenvalue weighted by molar-refractivity contribution is 0.0952. The third-order valence-corrected chi connectivity index (χ3v) is 6.58. The second-order valence-electron chi connectivity index (χ2n) is 7.42. The van der Waals surface area contributed by atoms with Crippen LogP contribution in [0.25, 0.3) is 21.5 Å². The second kappa shape index (κ2) is 10.6. The van der Waals surface area contributed by atoms with E-state index in [0.717, 1.165) is 41.1 Å². The average molecular weight is 445 g/mol. The molecule has 0 bridgehead atoms. The summed E-state index contributed by atoms with van der Waals surface area (Å²) in [6.45, 7) is 7.94. The van der Waals surface area contributed by atoms with Crippen molar-refractivity contribution in [3.63, 3.8) is 0 Å². The fourth-order valence-electron chi connectivity index (χ4n) is 3.57. The van der Waals surface area contributed by atoms with Crippen molar-refractivity contribution >= 4 is 27.5 Å². The van der Waals surface area contributed by atoms with Gasteiger partial charge in [0.25, 0.3) is 5.91 Å². The van der Waals surface area contributed by atoms with Crippen molar-refractivity contribution in [1.82, 2.24) is 20.0 Å². The summed E-state index contributed by atoms with van der Waals surface area (Å²) >= 11 is 1.46. The minimum atomic E-state index is -0.0361. The molecule has 168 valence electrons. The minimum absolute atomic E-state index is 0.0361. The van der Waals surface area contributed by atoms with E-state index < -0.39 is 0 Å². The molecule has 8 heteroatoms. The van der Waals surface area contributed by atoms with E-state index in [0.29, 0.717) is 22.9 Å². The number of amides is 1. The number of nitrogens with zero attached hydrogens (tertiary/aromatic N) is 3. The maximum atomic E-state index is 12.8. The van der Waals surface area contributed by atoms with Gasteiger partial charge in [0.05, 0.1) is 19.1 Å². The second-order valence-corrected chi connectivity index (χ2v) is 8.45. The summed E-state index contributed by atoms with van der Waals surface area (Å²) < 4.78 is 12.6. The van der Waals surface area contributed by atoms with E-state index in [1.165, 1.54) is 24.2 Å². The highest BCUT2D eigenvalue weighted by Crippen LogP contribution is 2.37. The first kappa shape index (κ1) is 23.1. The number of hydrogen-bond acceptors (Lipinski definition) is 6. The minimum Gasteiger partial charge on any atom is -0.493 e. The number of ether oxygens (including phenoxy) is 2. The third kappa shape index (κ3) is 5.19. The van der Waals surface area contributed by atoms with Gasteiger partial charge in [0.2, 0.25) is 0 Å². The molecule has 0 saturated heterocycles. The molecule has 0 unspecified atom stereocenters. The number of hydrogen-bond donors (Lipinski definition) is 1. The molecule has 1 amide bonds. The van der Waals surface area contributed by atoms with Crippen LogP contribution in [0.3, 0.4) is 0 Å². The predicted octanol–water partition coefficient (Wildman–Crippen LogP) is 4.17. The summed E-state index contributed by atoms with van der Waals surface area (Å²) in [7, 11) is 5.13. The van der Waals surface area contributed by atoms with Gasteiger partial charge >= 0.3 is 0 Å². The Balaban J connectivity index is 1.77. The summed E-state index contributed by atoms with van der Waals surface area (Å²) in [4.78, 5) is 16.8. The lowest BCUT2D eigenvalue weighted by atomic mass is 10.1. The maximum absolute atomic E-state index is 12.8. The molecular formula is C23H32N4O3S. The van der Waals surface area contributed by atoms with Crippen molar-refractivity contribution in [3.8, 4) is 22.8 Å². The molecule has 31 heavy (non-hydrogen) atoms. The Morgan fingerprint density at radius 2 is 1.94 bits per heavy atom. The molecule has 2 aromatic heterocycles. The van der Waals surface area contributed by atoms with Crippen LogP contribution in [0.1, 0.15) is 36.4 Å². The topological polar surface area (TPSA) is 68.6 Å². The Bertz CT molecular complexity index is 1030. The van der Waals surface area contributed by atoms with Gasteiger partial charge in [-0.25, -0.2) is 0 Å². The van der Waals surface area contributed by atoms with Crippen molar-refractivity contribution in [2.75, 3.05) is 40.4 Å². The molecule has 1 aromatic carbocycles. The van der Waals surface area contributed by atoms with Gasteiger partial charge in [-0.15, -0.1) is 11.3 Å². The van der Waals surface area contributed by atoms with E-state index >= 15 is 0 Å². The number of aromatic nitrogens is 2. The Morgan fingerprint density at radius 3 is 2.61 bits per heavy atom. The largest absolute Gasteiger partial charge is 0.493 e. The summed E-state index contributed by atoms with van der Waals surface area (Å²) in [6.07, 6.45) is 2.37. The standard InChI is InChI=1S/C23H32N4O3S/c1-6-8-12-27(7-2)13-11-24-22(28)20-15-17-21(25-26(3)23(17)31-20)16-9-10-18(29-4)19(14-16)30-5/h9-10,14-15H,6-8,11-13H2,1-5H3,(H,24,28). The van der Waals surface area contributed by atoms with Gasteiger partial charge in [-0.3, -0.25) is 9.48 Å². The fraction of sp³-hybridized carbons (Fsp3) is 0.478. The van der Waals surface area contributed by atoms with E-state index in [4.69, 9.17) is 9.47 Å². The number of benzene rings is 1. The Morgan fingerprint density at radius 1 is 1.16 bits per heavy atom. The lowest BCUT2D eigenvalue weighted by Crippen LogP contribution is -2.35. The smallest absolute Gasteiger partial charge is 0.261 e. The number of methoxy groups -OCH3 is 2. The number of fused-ring (bicyclic) bond motifs is 1. The normalized spacial score (nSPS) is 11.3. The maximum Gasteiger partial charge on any atom is 0.261 e. The number of nitrogens with one attached hydrogen (secondary N) is 1. The van der Waals surface area contributed by atoms with Crippen molar-refractivity contribution in [2.24, 2.45) is 7.05 Å². The van der Waals surface area contributed by atoms with Crippen LogP contribution in [0.15, 0.2) is 24.3 Å². The Hall–Kier alpha value is -2.58. The van der Waals surface area contributed by atoms with E-state index in [2.05, 4.69) is 29.2 Å². The summed E-state index contributed by atoms with van der Waals surface area (Å²) in [5, 5.41) is 8.70. The number of thiophene rings is 1. The van der Waals surface area contributed by atoms with Gasteiger partial charge in [0.15, 0.2) is 11.5 Å². The number of rotatable bonds is 11. The Kier molecular flexibility index (Phi) is 7.92. The number of likely N-dealkylation sites (N-methyl/N-ethyl adjacent to an activating group) is 1. The molecule has 0 saturated carbocycles. The highest BCUT2D eigenvalue weighted by Gasteiger charge is 2.19. The first-order valence-corrected chi connectivity index (χ1v) is 11.5. The molecule has 0 aliphatic carbocycles. The lowest BCUT2D eigenvalue weighted by Gasteiger charge is -2.19. The SMILES string of the molecule is CCCCN(CC)CCNC(=O)c1cc2c(-c3ccc(OC)c(OC)c3)nn(C)c2s1. The van der Waals surface area contributed by atoms with Crippen LogP contribution >= 0.6 is 11.3 Å². The summed E-state index contributed by atoms with van der Waals surface area (Å²) in [5.41, 5.74) is 1.74. The zero-order chi connectivity index (χ0) is 22.4. The molecule has 3 aromatic rings. The predicted molar refractivity (Wildman–Crippen MR) is 126 cm³/mol. The van der Waals surface area contributed by atoms with Gasteiger partial charge in [-0.2, -0.15) is 5.10 Å². The zero-order valence-corrected chi connectivity index (χ0v) is 19.8. The molecule has 0 aliphatic heterocycles. The van der Waals surface area contributed by atoms with Gasteiger partial charge in [0, 0.05) is 31.1 Å². The quantitative estimate of drug-likeness (QED) is 0.481. The molecule has 3 rings (SSSR count). The molecular weight excluding hydrogens is 412 g/mol. The Labute approximate surface area is 187 Å². The number of unbranched alkanes of at least 4 members (excludes halogenated alkanes) is 1. The number of aryl methyl sites for hydroxylation is 1. The molecule has 0 atom stereocenters. The van der Waals surface area contributed by atoms with E-state index in [9.17, 15) is 4.79 Å². The van der Waals surface area contributed by atoms with Crippen molar-refractivity contribution < 1.29 is 14.3 Å². The van der Waals surface area contributed by atoms with Crippen LogP contribution < -0.4 is 14.8 Å². The van der Waals surface area contributed by atoms with Gasteiger partial charge in [0.1, 0.15) is 10.5 Å². The molecule has 7 nitrogen and oxygen atoms in total. The van der Waals surface area contributed by atoms with Crippen LogP contribution in [-0.4, -0.2) is 61.0 Å². The molecule has 0 fully saturated rings. The van der Waals surface area contributed by atoms with Crippen molar-refractivity contribution in [2.45, 2.75) is 26.7 Å². The van der Waals surface area contributed by atoms with E-state index in [1.54, 1.807) is 14.2 Å². The highest BCUT2D eigenvalue weighted by atomic mass is 32.1. The molecule has 2 heterocycles. The van der Waals surface area contributed by atoms with Crippen LogP contribution in [0, 0.1) is 0 Å². The number of carbonyl (C=O) groups excluding carboxylic acids is 1. The highest BCUT2D eigenvalue weighted by molar-refractivity contribution is 7.20. The molecule has 0 aliphatic rings. The van der Waals surface area contributed by atoms with Crippen LogP contribution in [0.5, 0.6) is 11.5 Å². The van der Waals surface area contributed by atoms with Crippen LogP contribution in [-0.2, 0) is 7.05 Å². The first-order chi connectivity index (χ1) is 15.0. The molecule has 0 radical (unpaired) electrons. The van der Waals surface area contributed by atoms with Crippen molar-refractivity contribution in [3.05, 3.63) is 29.1 Å². The summed E-state index contributed by atoms with van der Waals surface area (Å²) in [6, 6.07) is 7.67. The fourth-order valence-corrected chi connectivity index (χ4v) is 4.56. The monoisotopic (exact) mass is 444 g/mol. The van der Waals surface area contributed by atoms with Gasteiger partial charge in [-0.1, -0.05) is 20.3 Å². The average Bonchev–Trinajstić information content (AvgIpc) is 3.36. The first-order valence-electron chi connectivity index (χ1n) is 10.7. The molecule has 1 N–H and O–H groups in total. The van der Waals surface area contributed by atoms with E-state index in [-0.39, 0.29) is 5.91 Å². The van der Waals surface area contributed by atoms with Gasteiger partial charge in [-0.05, 0) is 43.8 Å². The molecule has 0 spiro atoms. The summed E-state index contributed by atoms with van der Waals surface area (Å²) in [5.74, 6) is 1.28. The van der Waals surface area contributed by atoms with Crippen LogP contribution in [0.4, 0.5) is 0 Å². The van der Waals surface area contributed by atoms with Crippen LogP contribution in [0.2, 0.25) is 0 Å². The third-order valence-electron chi connectivity index (χ3n) is 5.38. The number of carbonyl (C=O) groups is 1. The zero-order valence-electron chi connectivity index (χ0n) is 19.0. The van der Waals surface area contributed by atoms with E-state index in [1.807, 2.05) is 36.0 Å². The van der Waals surface area contributed by atoms with Crippen molar-refractivity contribution in [1.29, 1.82) is 0 Å². The van der Waals surface area contributed by atoms with Gasteiger partial charge < -0.3 is 19.7 Å².